The first-order chi connectivity index (χ1) is 6.25. The van der Waals surface area contributed by atoms with Gasteiger partial charge in [0.2, 0.25) is 0 Å². The largest absolute Gasteiger partial charge is 0.386 e. The van der Waals surface area contributed by atoms with Gasteiger partial charge in [-0.05, 0) is 33.6 Å². The molecule has 1 atom stereocenters. The van der Waals surface area contributed by atoms with Crippen molar-refractivity contribution in [3.8, 4) is 0 Å². The van der Waals surface area contributed by atoms with Gasteiger partial charge in [-0.3, -0.25) is 0 Å². The summed E-state index contributed by atoms with van der Waals surface area (Å²) in [6.45, 7) is 0. The molecule has 1 aromatic carbocycles. The van der Waals surface area contributed by atoms with Crippen molar-refractivity contribution < 1.29 is 9.23 Å². The van der Waals surface area contributed by atoms with Crippen LogP contribution in [0.15, 0.2) is 29.4 Å². The smallest absolute Gasteiger partial charge is 0.158 e. The quantitative estimate of drug-likeness (QED) is 0.744. The monoisotopic (exact) mass is 243 g/mol. The standard InChI is InChI=1S/C9H7BrFNO/c10-9-5-8(13-12-9)6-1-3-7(11)4-2-6/h1-4,8H,5H2/t8-/m0/s1. The molecule has 1 aromatic rings. The Hall–Kier alpha value is -0.900. The molecule has 0 bridgehead atoms. The summed E-state index contributed by atoms with van der Waals surface area (Å²) in [5, 5.41) is 3.76. The van der Waals surface area contributed by atoms with Crippen LogP contribution in [0.2, 0.25) is 0 Å². The second kappa shape index (κ2) is 3.46. The van der Waals surface area contributed by atoms with E-state index in [2.05, 4.69) is 21.1 Å². The van der Waals surface area contributed by atoms with Crippen LogP contribution in [0.3, 0.4) is 0 Å². The molecule has 0 saturated carbocycles. The lowest BCUT2D eigenvalue weighted by molar-refractivity contribution is 0.0857. The first-order valence-electron chi connectivity index (χ1n) is 3.89. The van der Waals surface area contributed by atoms with E-state index in [1.807, 2.05) is 0 Å². The van der Waals surface area contributed by atoms with Crippen LogP contribution in [0.25, 0.3) is 0 Å². The lowest BCUT2D eigenvalue weighted by Crippen LogP contribution is -1.96. The molecule has 1 aliphatic rings. The van der Waals surface area contributed by atoms with Crippen molar-refractivity contribution in [1.82, 2.24) is 0 Å². The molecule has 0 aromatic heterocycles. The third-order valence-electron chi connectivity index (χ3n) is 1.87. The number of hydrogen-bond acceptors (Lipinski definition) is 2. The number of halogens is 2. The Morgan fingerprint density at radius 3 is 2.62 bits per heavy atom. The number of hydrogen-bond donors (Lipinski definition) is 0. The molecule has 0 radical (unpaired) electrons. The Kier molecular flexibility index (Phi) is 2.31. The fraction of sp³-hybridized carbons (Fsp3) is 0.222. The van der Waals surface area contributed by atoms with Crippen molar-refractivity contribution in [3.05, 3.63) is 35.6 Å². The van der Waals surface area contributed by atoms with Crippen LogP contribution < -0.4 is 0 Å². The van der Waals surface area contributed by atoms with E-state index in [4.69, 9.17) is 4.84 Å². The molecule has 0 fully saturated rings. The zero-order chi connectivity index (χ0) is 9.26. The van der Waals surface area contributed by atoms with Gasteiger partial charge >= 0.3 is 0 Å². The summed E-state index contributed by atoms with van der Waals surface area (Å²) in [4.78, 5) is 5.11. The van der Waals surface area contributed by atoms with Crippen LogP contribution >= 0.6 is 15.9 Å². The van der Waals surface area contributed by atoms with Crippen LogP contribution in [0.4, 0.5) is 4.39 Å². The maximum Gasteiger partial charge on any atom is 0.158 e. The average molecular weight is 244 g/mol. The van der Waals surface area contributed by atoms with E-state index in [1.54, 1.807) is 12.1 Å². The molecule has 0 N–H and O–H groups in total. The van der Waals surface area contributed by atoms with Gasteiger partial charge in [0.05, 0.1) is 0 Å². The Labute approximate surface area is 83.5 Å². The number of benzene rings is 1. The van der Waals surface area contributed by atoms with E-state index in [-0.39, 0.29) is 11.9 Å². The molecule has 0 amide bonds. The van der Waals surface area contributed by atoms with Crippen LogP contribution in [-0.2, 0) is 4.84 Å². The van der Waals surface area contributed by atoms with Gasteiger partial charge in [0.1, 0.15) is 10.4 Å². The van der Waals surface area contributed by atoms with E-state index in [0.717, 1.165) is 10.2 Å². The first kappa shape index (κ1) is 8.69. The van der Waals surface area contributed by atoms with Crippen LogP contribution in [-0.4, -0.2) is 4.62 Å². The van der Waals surface area contributed by atoms with Crippen LogP contribution in [0.1, 0.15) is 18.1 Å². The Bertz CT molecular complexity index is 336. The minimum Gasteiger partial charge on any atom is -0.386 e. The van der Waals surface area contributed by atoms with Gasteiger partial charge in [0.25, 0.3) is 0 Å². The molecule has 1 heterocycles. The van der Waals surface area contributed by atoms with Gasteiger partial charge in [-0.1, -0.05) is 17.3 Å². The van der Waals surface area contributed by atoms with Gasteiger partial charge in [0.15, 0.2) is 6.10 Å². The molecule has 0 saturated heterocycles. The molecular weight excluding hydrogens is 237 g/mol. The molecule has 0 aliphatic carbocycles. The van der Waals surface area contributed by atoms with Gasteiger partial charge in [-0.15, -0.1) is 0 Å². The lowest BCUT2D eigenvalue weighted by Gasteiger charge is -2.06. The normalized spacial score (nSPS) is 21.1. The highest BCUT2D eigenvalue weighted by molar-refractivity contribution is 9.18. The van der Waals surface area contributed by atoms with Crippen molar-refractivity contribution in [2.24, 2.45) is 5.16 Å². The van der Waals surface area contributed by atoms with Gasteiger partial charge < -0.3 is 4.84 Å². The zero-order valence-electron chi connectivity index (χ0n) is 6.71. The number of nitrogens with zero attached hydrogens (tertiary/aromatic N) is 1. The van der Waals surface area contributed by atoms with Crippen molar-refractivity contribution in [2.75, 3.05) is 0 Å². The predicted molar refractivity (Wildman–Crippen MR) is 51.2 cm³/mol. The molecule has 13 heavy (non-hydrogen) atoms. The lowest BCUT2D eigenvalue weighted by atomic mass is 10.1. The van der Waals surface area contributed by atoms with Crippen molar-refractivity contribution in [1.29, 1.82) is 0 Å². The molecule has 0 spiro atoms. The highest BCUT2D eigenvalue weighted by atomic mass is 79.9. The number of rotatable bonds is 1. The fourth-order valence-corrected chi connectivity index (χ4v) is 1.58. The molecule has 68 valence electrons. The van der Waals surface area contributed by atoms with Crippen LogP contribution in [0, 0.1) is 5.82 Å². The summed E-state index contributed by atoms with van der Waals surface area (Å²) in [6, 6.07) is 6.26. The van der Waals surface area contributed by atoms with Crippen LogP contribution in [0.5, 0.6) is 0 Å². The summed E-state index contributed by atoms with van der Waals surface area (Å²) in [7, 11) is 0. The van der Waals surface area contributed by atoms with Crippen molar-refractivity contribution in [2.45, 2.75) is 12.5 Å². The van der Waals surface area contributed by atoms with Gasteiger partial charge in [0, 0.05) is 6.42 Å². The Morgan fingerprint density at radius 1 is 1.38 bits per heavy atom. The SMILES string of the molecule is Fc1ccc([C@@H]2CC(Br)=NO2)cc1. The summed E-state index contributed by atoms with van der Waals surface area (Å²) < 4.78 is 13.4. The van der Waals surface area contributed by atoms with E-state index >= 15 is 0 Å². The maximum atomic E-state index is 12.6. The summed E-state index contributed by atoms with van der Waals surface area (Å²) in [6.07, 6.45) is 0.640. The topological polar surface area (TPSA) is 21.6 Å². The molecule has 1 aliphatic heterocycles. The Balaban J connectivity index is 2.14. The second-order valence-electron chi connectivity index (χ2n) is 2.82. The zero-order valence-corrected chi connectivity index (χ0v) is 8.29. The maximum absolute atomic E-state index is 12.6. The average Bonchev–Trinajstić information content (AvgIpc) is 2.53. The third-order valence-corrected chi connectivity index (χ3v) is 2.34. The highest BCUT2D eigenvalue weighted by Gasteiger charge is 2.20. The molecule has 4 heteroatoms. The van der Waals surface area contributed by atoms with E-state index in [9.17, 15) is 4.39 Å². The molecule has 2 nitrogen and oxygen atoms in total. The first-order valence-corrected chi connectivity index (χ1v) is 4.68. The molecule has 0 unspecified atom stereocenters. The Morgan fingerprint density at radius 2 is 2.08 bits per heavy atom. The fourth-order valence-electron chi connectivity index (χ4n) is 1.20. The highest BCUT2D eigenvalue weighted by Crippen LogP contribution is 2.28. The van der Waals surface area contributed by atoms with E-state index in [1.165, 1.54) is 12.1 Å². The summed E-state index contributed by atoms with van der Waals surface area (Å²) in [5.41, 5.74) is 0.944. The molecule has 2 rings (SSSR count). The minimum absolute atomic E-state index is 0.0741. The minimum atomic E-state index is -0.235. The third kappa shape index (κ3) is 1.88. The summed E-state index contributed by atoms with van der Waals surface area (Å²) >= 11 is 3.24. The van der Waals surface area contributed by atoms with Crippen molar-refractivity contribution >= 4 is 20.6 Å². The van der Waals surface area contributed by atoms with E-state index < -0.39 is 0 Å². The van der Waals surface area contributed by atoms with Crippen molar-refractivity contribution in [3.63, 3.8) is 0 Å². The van der Waals surface area contributed by atoms with Gasteiger partial charge in [-0.25, -0.2) is 4.39 Å². The molecular formula is C9H7BrFNO. The second-order valence-corrected chi connectivity index (χ2v) is 3.73. The predicted octanol–water partition coefficient (Wildman–Crippen LogP) is 3.00. The van der Waals surface area contributed by atoms with E-state index in [0.29, 0.717) is 6.42 Å². The summed E-state index contributed by atoms with van der Waals surface area (Å²) in [5.74, 6) is -0.235. The number of oxime groups is 1. The van der Waals surface area contributed by atoms with Gasteiger partial charge in [-0.2, -0.15) is 0 Å².